The van der Waals surface area contributed by atoms with E-state index >= 15 is 0 Å². The lowest BCUT2D eigenvalue weighted by molar-refractivity contribution is -0.140. The number of β-amino-alcohol motifs (C(OH)–C–C–N with tert-alkyl or cyclic N) is 1. The Morgan fingerprint density at radius 1 is 1.17 bits per heavy atom. The molecule has 4 heteroatoms. The molecule has 1 N–H and O–H groups in total. The van der Waals surface area contributed by atoms with Crippen LogP contribution in [0.4, 0.5) is 0 Å². The number of carbonyl (C=O) groups excluding carboxylic acids is 1. The normalized spacial score (nSPS) is 24.8. The minimum atomic E-state index is -0.341. The SMILES string of the molecule is CC(C(=O)N1CCCC(O)C1)N1CCC(Cc2ccccc2)CC1. The number of aliphatic hydroxyl groups excluding tert-OH is 1. The molecule has 2 unspecified atom stereocenters. The van der Waals surface area contributed by atoms with Gasteiger partial charge < -0.3 is 10.0 Å². The molecule has 0 bridgehead atoms. The maximum Gasteiger partial charge on any atom is 0.239 e. The molecule has 2 fully saturated rings. The van der Waals surface area contributed by atoms with E-state index in [1.165, 1.54) is 5.56 Å². The molecule has 0 saturated carbocycles. The molecule has 132 valence electrons. The van der Waals surface area contributed by atoms with Crippen molar-refractivity contribution in [1.29, 1.82) is 0 Å². The van der Waals surface area contributed by atoms with Crippen LogP contribution in [0, 0.1) is 5.92 Å². The maximum atomic E-state index is 12.7. The van der Waals surface area contributed by atoms with Crippen molar-refractivity contribution in [2.45, 2.75) is 51.2 Å². The van der Waals surface area contributed by atoms with E-state index in [1.54, 1.807) is 0 Å². The van der Waals surface area contributed by atoms with Gasteiger partial charge in [0.1, 0.15) is 0 Å². The number of aliphatic hydroxyl groups is 1. The Kier molecular flexibility index (Phi) is 5.90. The lowest BCUT2D eigenvalue weighted by Crippen LogP contribution is -2.52. The molecule has 2 atom stereocenters. The zero-order valence-electron chi connectivity index (χ0n) is 14.7. The van der Waals surface area contributed by atoms with Crippen molar-refractivity contribution in [1.82, 2.24) is 9.80 Å². The third kappa shape index (κ3) is 4.37. The zero-order chi connectivity index (χ0) is 16.9. The molecule has 3 rings (SSSR count). The lowest BCUT2D eigenvalue weighted by atomic mass is 9.89. The molecule has 24 heavy (non-hydrogen) atoms. The Balaban J connectivity index is 1.48. The van der Waals surface area contributed by atoms with Gasteiger partial charge in [-0.15, -0.1) is 0 Å². The molecule has 2 aliphatic rings. The molecule has 2 heterocycles. The molecule has 0 aliphatic carbocycles. The van der Waals surface area contributed by atoms with Gasteiger partial charge in [-0.25, -0.2) is 0 Å². The van der Waals surface area contributed by atoms with Crippen molar-refractivity contribution in [2.24, 2.45) is 5.92 Å². The summed E-state index contributed by atoms with van der Waals surface area (Å²) in [6, 6.07) is 10.6. The number of piperidine rings is 2. The largest absolute Gasteiger partial charge is 0.391 e. The smallest absolute Gasteiger partial charge is 0.239 e. The summed E-state index contributed by atoms with van der Waals surface area (Å²) in [5.74, 6) is 0.915. The molecule has 0 spiro atoms. The predicted molar refractivity (Wildman–Crippen MR) is 95.7 cm³/mol. The summed E-state index contributed by atoms with van der Waals surface area (Å²) in [5.41, 5.74) is 1.42. The summed E-state index contributed by atoms with van der Waals surface area (Å²) in [7, 11) is 0. The second-order valence-corrected chi connectivity index (χ2v) is 7.43. The van der Waals surface area contributed by atoms with E-state index in [0.717, 1.165) is 57.7 Å². The van der Waals surface area contributed by atoms with E-state index in [2.05, 4.69) is 35.2 Å². The van der Waals surface area contributed by atoms with E-state index < -0.39 is 0 Å². The fourth-order valence-electron chi connectivity index (χ4n) is 4.07. The van der Waals surface area contributed by atoms with Crippen molar-refractivity contribution in [3.05, 3.63) is 35.9 Å². The minimum absolute atomic E-state index is 0.0621. The molecule has 1 aromatic rings. The first-order valence-electron chi connectivity index (χ1n) is 9.38. The van der Waals surface area contributed by atoms with E-state index in [1.807, 2.05) is 11.8 Å². The molecule has 1 amide bonds. The first-order chi connectivity index (χ1) is 11.6. The number of amides is 1. The fourth-order valence-corrected chi connectivity index (χ4v) is 4.07. The number of benzene rings is 1. The van der Waals surface area contributed by atoms with E-state index in [4.69, 9.17) is 0 Å². The summed E-state index contributed by atoms with van der Waals surface area (Å²) < 4.78 is 0. The Morgan fingerprint density at radius 2 is 1.88 bits per heavy atom. The molecule has 2 aliphatic heterocycles. The van der Waals surface area contributed by atoms with Gasteiger partial charge in [0.2, 0.25) is 5.91 Å². The van der Waals surface area contributed by atoms with Crippen LogP contribution in [0.25, 0.3) is 0 Å². The Hall–Kier alpha value is -1.39. The third-order valence-corrected chi connectivity index (χ3v) is 5.63. The summed E-state index contributed by atoms with van der Waals surface area (Å²) in [4.78, 5) is 16.9. The molecular weight excluding hydrogens is 300 g/mol. The number of likely N-dealkylation sites (tertiary alicyclic amines) is 2. The predicted octanol–water partition coefficient (Wildman–Crippen LogP) is 2.31. The Morgan fingerprint density at radius 3 is 2.54 bits per heavy atom. The van der Waals surface area contributed by atoms with Gasteiger partial charge in [0.05, 0.1) is 12.1 Å². The molecule has 4 nitrogen and oxygen atoms in total. The third-order valence-electron chi connectivity index (χ3n) is 5.63. The highest BCUT2D eigenvalue weighted by Crippen LogP contribution is 2.24. The number of hydrogen-bond acceptors (Lipinski definition) is 3. The van der Waals surface area contributed by atoms with Crippen molar-refractivity contribution in [3.8, 4) is 0 Å². The van der Waals surface area contributed by atoms with Crippen LogP contribution in [0.3, 0.4) is 0 Å². The molecular formula is C20H30N2O2. The van der Waals surface area contributed by atoms with Crippen molar-refractivity contribution < 1.29 is 9.90 Å². The van der Waals surface area contributed by atoms with Crippen molar-refractivity contribution in [3.63, 3.8) is 0 Å². The number of carbonyl (C=O) groups is 1. The summed E-state index contributed by atoms with van der Waals surface area (Å²) >= 11 is 0. The second-order valence-electron chi connectivity index (χ2n) is 7.43. The summed E-state index contributed by atoms with van der Waals surface area (Å²) in [5, 5.41) is 9.79. The second kappa shape index (κ2) is 8.13. The summed E-state index contributed by atoms with van der Waals surface area (Å²) in [6.07, 6.45) is 4.87. The Bertz CT molecular complexity index is 526. The van der Waals surface area contributed by atoms with Crippen LogP contribution in [0.5, 0.6) is 0 Å². The van der Waals surface area contributed by atoms with Gasteiger partial charge >= 0.3 is 0 Å². The number of rotatable bonds is 4. The van der Waals surface area contributed by atoms with Crippen LogP contribution < -0.4 is 0 Å². The van der Waals surface area contributed by atoms with Gasteiger partial charge in [-0.05, 0) is 63.6 Å². The first-order valence-corrected chi connectivity index (χ1v) is 9.38. The van der Waals surface area contributed by atoms with E-state index in [9.17, 15) is 9.90 Å². The molecule has 2 saturated heterocycles. The van der Waals surface area contributed by atoms with Crippen LogP contribution in [0.1, 0.15) is 38.2 Å². The average Bonchev–Trinajstić information content (AvgIpc) is 2.62. The van der Waals surface area contributed by atoms with Crippen molar-refractivity contribution >= 4 is 5.91 Å². The van der Waals surface area contributed by atoms with Gasteiger partial charge in [-0.1, -0.05) is 30.3 Å². The molecule has 0 aromatic heterocycles. The van der Waals surface area contributed by atoms with Gasteiger partial charge in [-0.2, -0.15) is 0 Å². The van der Waals surface area contributed by atoms with E-state index in [0.29, 0.717) is 6.54 Å². The highest BCUT2D eigenvalue weighted by molar-refractivity contribution is 5.81. The average molecular weight is 330 g/mol. The van der Waals surface area contributed by atoms with Crippen LogP contribution in [0.2, 0.25) is 0 Å². The van der Waals surface area contributed by atoms with Crippen LogP contribution in [0.15, 0.2) is 30.3 Å². The highest BCUT2D eigenvalue weighted by Gasteiger charge is 2.31. The minimum Gasteiger partial charge on any atom is -0.391 e. The van der Waals surface area contributed by atoms with Gasteiger partial charge in [0.25, 0.3) is 0 Å². The van der Waals surface area contributed by atoms with Gasteiger partial charge in [-0.3, -0.25) is 9.69 Å². The zero-order valence-corrected chi connectivity index (χ0v) is 14.7. The monoisotopic (exact) mass is 330 g/mol. The highest BCUT2D eigenvalue weighted by atomic mass is 16.3. The van der Waals surface area contributed by atoms with E-state index in [-0.39, 0.29) is 18.1 Å². The topological polar surface area (TPSA) is 43.8 Å². The Labute approximate surface area is 145 Å². The molecule has 1 aromatic carbocycles. The quantitative estimate of drug-likeness (QED) is 0.921. The molecule has 0 radical (unpaired) electrons. The van der Waals surface area contributed by atoms with Crippen LogP contribution >= 0.6 is 0 Å². The maximum absolute atomic E-state index is 12.7. The number of hydrogen-bond donors (Lipinski definition) is 1. The number of nitrogens with zero attached hydrogens (tertiary/aromatic N) is 2. The van der Waals surface area contributed by atoms with Crippen LogP contribution in [-0.2, 0) is 11.2 Å². The fraction of sp³-hybridized carbons (Fsp3) is 0.650. The lowest BCUT2D eigenvalue weighted by Gasteiger charge is -2.39. The first kappa shape index (κ1) is 17.4. The van der Waals surface area contributed by atoms with Crippen LogP contribution in [-0.4, -0.2) is 59.1 Å². The van der Waals surface area contributed by atoms with Gasteiger partial charge in [0.15, 0.2) is 0 Å². The van der Waals surface area contributed by atoms with Gasteiger partial charge in [0, 0.05) is 13.1 Å². The standard InChI is InChI=1S/C20H30N2O2/c1-16(20(24)22-11-5-8-19(23)15-22)21-12-9-18(10-13-21)14-17-6-3-2-4-7-17/h2-4,6-7,16,18-19,23H,5,8-15H2,1H3. The van der Waals surface area contributed by atoms with Crippen molar-refractivity contribution in [2.75, 3.05) is 26.2 Å². The summed E-state index contributed by atoms with van der Waals surface area (Å²) in [6.45, 7) is 5.33.